The van der Waals surface area contributed by atoms with Gasteiger partial charge in [0.2, 0.25) is 5.89 Å². The number of nitrogens with zero attached hydrogens (tertiary/aromatic N) is 1. The van der Waals surface area contributed by atoms with Crippen LogP contribution in [0.1, 0.15) is 34.3 Å². The van der Waals surface area contributed by atoms with Gasteiger partial charge in [-0.25, -0.2) is 9.78 Å². The van der Waals surface area contributed by atoms with E-state index in [4.69, 9.17) is 20.8 Å². The molecule has 1 aromatic heterocycles. The molecule has 4 aromatic rings. The van der Waals surface area contributed by atoms with Crippen LogP contribution in [0.15, 0.2) is 95.1 Å². The van der Waals surface area contributed by atoms with Gasteiger partial charge in [0.15, 0.2) is 5.78 Å². The summed E-state index contributed by atoms with van der Waals surface area (Å²) in [7, 11) is 0. The van der Waals surface area contributed by atoms with Crippen molar-refractivity contribution in [2.24, 2.45) is 0 Å². The van der Waals surface area contributed by atoms with E-state index in [2.05, 4.69) is 10.3 Å². The highest BCUT2D eigenvalue weighted by Crippen LogP contribution is 2.22. The van der Waals surface area contributed by atoms with Crippen LogP contribution >= 0.6 is 11.6 Å². The van der Waals surface area contributed by atoms with E-state index in [9.17, 15) is 14.7 Å². The second kappa shape index (κ2) is 12.9. The van der Waals surface area contributed by atoms with Crippen LogP contribution in [0.5, 0.6) is 5.75 Å². The molecule has 4 rings (SSSR count). The van der Waals surface area contributed by atoms with Crippen molar-refractivity contribution < 1.29 is 23.8 Å². The van der Waals surface area contributed by atoms with Crippen LogP contribution in [0.2, 0.25) is 5.02 Å². The Bertz CT molecular complexity index is 1460. The van der Waals surface area contributed by atoms with Gasteiger partial charge in [-0.15, -0.1) is 0 Å². The van der Waals surface area contributed by atoms with E-state index in [0.29, 0.717) is 41.0 Å². The van der Waals surface area contributed by atoms with Crippen molar-refractivity contribution in [2.45, 2.75) is 32.7 Å². The molecule has 0 spiro atoms. The largest absolute Gasteiger partial charge is 0.493 e. The molecule has 0 bridgehead atoms. The highest BCUT2D eigenvalue weighted by Gasteiger charge is 2.19. The number of rotatable bonds is 12. The standard InChI is InChI=1S/C31H29ClN2O5/c1-20(18-29(35)25-10-6-7-11-26(25)32)33-28(31(36)37)19-22-12-14-24(15-13-22)38-17-16-27-21(2)39-30(34-27)23-8-4-3-5-9-23/h3-15,18,28,33H,16-17,19H2,1-2H3,(H,36,37)/t28-/m0/s1. The van der Waals surface area contributed by atoms with Crippen molar-refractivity contribution in [1.82, 2.24) is 10.3 Å². The Hall–Kier alpha value is -4.36. The Balaban J connectivity index is 1.31. The fraction of sp³-hybridized carbons (Fsp3) is 0.194. The minimum Gasteiger partial charge on any atom is -0.493 e. The number of carboxylic acid groups (broad SMARTS) is 1. The van der Waals surface area contributed by atoms with E-state index >= 15 is 0 Å². The molecule has 0 saturated heterocycles. The maximum absolute atomic E-state index is 12.5. The number of nitrogens with one attached hydrogen (secondary N) is 1. The second-order valence-electron chi connectivity index (χ2n) is 9.04. The van der Waals surface area contributed by atoms with Crippen LogP contribution < -0.4 is 10.1 Å². The zero-order valence-corrected chi connectivity index (χ0v) is 22.4. The fourth-order valence-electron chi connectivity index (χ4n) is 4.04. The van der Waals surface area contributed by atoms with Crippen LogP contribution in [-0.2, 0) is 17.6 Å². The molecule has 200 valence electrons. The van der Waals surface area contributed by atoms with Gasteiger partial charge in [0.25, 0.3) is 0 Å². The van der Waals surface area contributed by atoms with Gasteiger partial charge < -0.3 is 19.6 Å². The number of ether oxygens (including phenoxy) is 1. The first-order chi connectivity index (χ1) is 18.8. The number of allylic oxidation sites excluding steroid dienone is 2. The number of carboxylic acids is 1. The van der Waals surface area contributed by atoms with Crippen LogP contribution in [0.3, 0.4) is 0 Å². The Morgan fingerprint density at radius 2 is 1.74 bits per heavy atom. The fourth-order valence-corrected chi connectivity index (χ4v) is 4.27. The lowest BCUT2D eigenvalue weighted by atomic mass is 10.0. The van der Waals surface area contributed by atoms with Gasteiger partial charge in [-0.05, 0) is 55.8 Å². The summed E-state index contributed by atoms with van der Waals surface area (Å²) >= 11 is 6.09. The molecule has 2 N–H and O–H groups in total. The maximum atomic E-state index is 12.5. The first-order valence-electron chi connectivity index (χ1n) is 12.5. The molecular formula is C31H29ClN2O5. The number of carbonyl (C=O) groups excluding carboxylic acids is 1. The van der Waals surface area contributed by atoms with E-state index in [1.165, 1.54) is 6.08 Å². The van der Waals surface area contributed by atoms with Gasteiger partial charge >= 0.3 is 5.97 Å². The molecule has 0 aliphatic rings. The Morgan fingerprint density at radius 3 is 2.44 bits per heavy atom. The zero-order valence-electron chi connectivity index (χ0n) is 21.7. The van der Waals surface area contributed by atoms with Gasteiger partial charge in [-0.2, -0.15) is 0 Å². The molecule has 0 aliphatic heterocycles. The SMILES string of the molecule is CC(=CC(=O)c1ccccc1Cl)N[C@@H](Cc1ccc(OCCc2nc(-c3ccccc3)oc2C)cc1)C(=O)O. The third-order valence-electron chi connectivity index (χ3n) is 6.07. The van der Waals surface area contributed by atoms with Gasteiger partial charge in [0.05, 0.1) is 17.3 Å². The number of oxazole rings is 1. The number of carbonyl (C=O) groups is 2. The lowest BCUT2D eigenvalue weighted by Gasteiger charge is -2.16. The van der Waals surface area contributed by atoms with Crippen molar-refractivity contribution >= 4 is 23.4 Å². The maximum Gasteiger partial charge on any atom is 0.326 e. The molecule has 1 atom stereocenters. The van der Waals surface area contributed by atoms with Crippen LogP contribution in [0, 0.1) is 6.92 Å². The topological polar surface area (TPSA) is 102 Å². The monoisotopic (exact) mass is 544 g/mol. The van der Waals surface area contributed by atoms with E-state index in [1.807, 2.05) is 61.5 Å². The minimum absolute atomic E-state index is 0.224. The normalized spacial score (nSPS) is 12.1. The molecule has 0 amide bonds. The molecule has 39 heavy (non-hydrogen) atoms. The quantitative estimate of drug-likeness (QED) is 0.159. The summed E-state index contributed by atoms with van der Waals surface area (Å²) in [5, 5.41) is 13.0. The molecule has 0 radical (unpaired) electrons. The number of benzene rings is 3. The Kier molecular flexibility index (Phi) is 9.18. The molecule has 0 saturated carbocycles. The Morgan fingerprint density at radius 1 is 1.05 bits per heavy atom. The highest BCUT2D eigenvalue weighted by molar-refractivity contribution is 6.34. The smallest absolute Gasteiger partial charge is 0.326 e. The third kappa shape index (κ3) is 7.58. The molecule has 7 nitrogen and oxygen atoms in total. The van der Waals surface area contributed by atoms with Crippen molar-refractivity contribution in [2.75, 3.05) is 6.61 Å². The summed E-state index contributed by atoms with van der Waals surface area (Å²) in [5.74, 6) is 0.703. The average molecular weight is 545 g/mol. The number of hydrogen-bond donors (Lipinski definition) is 2. The summed E-state index contributed by atoms with van der Waals surface area (Å²) in [6, 6.07) is 22.8. The van der Waals surface area contributed by atoms with Gasteiger partial charge in [-0.1, -0.05) is 54.1 Å². The number of hydrogen-bond acceptors (Lipinski definition) is 6. The summed E-state index contributed by atoms with van der Waals surface area (Å²) < 4.78 is 11.7. The molecule has 8 heteroatoms. The van der Waals surface area contributed by atoms with Crippen molar-refractivity contribution in [3.05, 3.63) is 118 Å². The van der Waals surface area contributed by atoms with Crippen molar-refractivity contribution in [3.63, 3.8) is 0 Å². The minimum atomic E-state index is -1.02. The molecule has 0 fully saturated rings. The summed E-state index contributed by atoms with van der Waals surface area (Å²) in [6.45, 7) is 3.96. The van der Waals surface area contributed by atoms with Crippen LogP contribution in [-0.4, -0.2) is 34.5 Å². The van der Waals surface area contributed by atoms with Gasteiger partial charge in [0, 0.05) is 35.7 Å². The second-order valence-corrected chi connectivity index (χ2v) is 9.45. The van der Waals surface area contributed by atoms with Crippen LogP contribution in [0.4, 0.5) is 0 Å². The average Bonchev–Trinajstić information content (AvgIpc) is 3.30. The first kappa shape index (κ1) is 27.7. The lowest BCUT2D eigenvalue weighted by Crippen LogP contribution is -2.37. The van der Waals surface area contributed by atoms with E-state index in [0.717, 1.165) is 22.6 Å². The zero-order chi connectivity index (χ0) is 27.8. The number of ketones is 1. The molecule has 1 heterocycles. The molecular weight excluding hydrogens is 516 g/mol. The first-order valence-corrected chi connectivity index (χ1v) is 12.9. The van der Waals surface area contributed by atoms with Crippen molar-refractivity contribution in [3.8, 4) is 17.2 Å². The van der Waals surface area contributed by atoms with E-state index in [-0.39, 0.29) is 12.2 Å². The molecule has 3 aromatic carbocycles. The number of aliphatic carboxylic acids is 1. The summed E-state index contributed by atoms with van der Waals surface area (Å²) in [6.07, 6.45) is 2.17. The summed E-state index contributed by atoms with van der Waals surface area (Å²) in [4.78, 5) is 29.0. The third-order valence-corrected chi connectivity index (χ3v) is 6.40. The highest BCUT2D eigenvalue weighted by atomic mass is 35.5. The van der Waals surface area contributed by atoms with Crippen molar-refractivity contribution in [1.29, 1.82) is 0 Å². The predicted molar refractivity (Wildman–Crippen MR) is 150 cm³/mol. The van der Waals surface area contributed by atoms with Gasteiger partial charge in [0.1, 0.15) is 17.6 Å². The number of halogens is 1. The van der Waals surface area contributed by atoms with Gasteiger partial charge in [-0.3, -0.25) is 4.79 Å². The van der Waals surface area contributed by atoms with E-state index in [1.54, 1.807) is 31.2 Å². The number of aryl methyl sites for hydroxylation is 1. The molecule has 0 unspecified atom stereocenters. The van der Waals surface area contributed by atoms with Crippen LogP contribution in [0.25, 0.3) is 11.5 Å². The lowest BCUT2D eigenvalue weighted by molar-refractivity contribution is -0.139. The number of aromatic nitrogens is 1. The predicted octanol–water partition coefficient (Wildman–Crippen LogP) is 6.30. The molecule has 0 aliphatic carbocycles. The Labute approximate surface area is 232 Å². The van der Waals surface area contributed by atoms with E-state index < -0.39 is 12.0 Å². The summed E-state index contributed by atoms with van der Waals surface area (Å²) in [5.41, 5.74) is 3.38.